The smallest absolute Gasteiger partial charge is 0.105 e. The van der Waals surface area contributed by atoms with Gasteiger partial charge in [0.1, 0.15) is 5.69 Å². The molecule has 0 aromatic carbocycles. The van der Waals surface area contributed by atoms with E-state index in [0.29, 0.717) is 0 Å². The third-order valence-corrected chi connectivity index (χ3v) is 1.22. The molecule has 0 aromatic rings. The van der Waals surface area contributed by atoms with Crippen LogP contribution in [0.4, 0.5) is 0 Å². The number of nitrogens with one attached hydrogen (secondary N) is 1. The van der Waals surface area contributed by atoms with Crippen molar-refractivity contribution in [3.8, 4) is 11.4 Å². The van der Waals surface area contributed by atoms with Gasteiger partial charge < -0.3 is 4.98 Å². The molecule has 0 unspecified atom stereocenters. The van der Waals surface area contributed by atoms with Crippen LogP contribution in [0.3, 0.4) is 0 Å². The van der Waals surface area contributed by atoms with Gasteiger partial charge in [-0.2, -0.15) is 0 Å². The van der Waals surface area contributed by atoms with Gasteiger partial charge in [-0.25, -0.2) is 4.98 Å². The Morgan fingerprint density at radius 3 is 3.10 bits per heavy atom. The molecule has 2 radical (unpaired) electrons. The van der Waals surface area contributed by atoms with Gasteiger partial charge in [0.15, 0.2) is 0 Å². The third kappa shape index (κ3) is 1.18. The monoisotopic (exact) mass is 329 g/mol. The van der Waals surface area contributed by atoms with Gasteiger partial charge in [0.25, 0.3) is 0 Å². The Kier molecular flexibility index (Phi) is 2.36. The van der Waals surface area contributed by atoms with E-state index >= 15 is 0 Å². The molecule has 50 valence electrons. The maximum absolute atomic E-state index is 4.02. The standard InChI is InChI=1S/C6H5N3.Pb.2H/c1-2-8-6-3-7-4-9-5(1)6;;;/h1-4H,(H,7,9);;;. The first-order chi connectivity index (χ1) is 4.47. The van der Waals surface area contributed by atoms with Gasteiger partial charge in [-0.15, -0.1) is 0 Å². The van der Waals surface area contributed by atoms with E-state index in [-0.39, 0.29) is 27.3 Å². The predicted octanol–water partition coefficient (Wildman–Crippen LogP) is -0.00670. The second-order valence-corrected chi connectivity index (χ2v) is 1.80. The summed E-state index contributed by atoms with van der Waals surface area (Å²) in [6.45, 7) is 0. The van der Waals surface area contributed by atoms with Crippen LogP contribution < -0.4 is 0 Å². The minimum Gasteiger partial charge on any atom is -0.345 e. The molecule has 0 aliphatic carbocycles. The molecule has 4 heteroatoms. The number of aromatic nitrogens is 3. The fourth-order valence-corrected chi connectivity index (χ4v) is 0.787. The maximum Gasteiger partial charge on any atom is 0.105 e. The second-order valence-electron chi connectivity index (χ2n) is 1.80. The van der Waals surface area contributed by atoms with Gasteiger partial charge in [-0.3, -0.25) is 4.98 Å². The first-order valence-electron chi connectivity index (χ1n) is 2.70. The summed E-state index contributed by atoms with van der Waals surface area (Å²) in [7, 11) is 0. The quantitative estimate of drug-likeness (QED) is 0.692. The number of H-pyrrole nitrogens is 1. The van der Waals surface area contributed by atoms with Gasteiger partial charge >= 0.3 is 27.3 Å². The van der Waals surface area contributed by atoms with Crippen LogP contribution in [0.2, 0.25) is 0 Å². The van der Waals surface area contributed by atoms with E-state index in [1.54, 1.807) is 18.7 Å². The number of fused-ring (bicyclic) bond motifs is 1. The van der Waals surface area contributed by atoms with Crippen molar-refractivity contribution in [2.45, 2.75) is 0 Å². The van der Waals surface area contributed by atoms with Crippen LogP contribution in [0.1, 0.15) is 0 Å². The van der Waals surface area contributed by atoms with Crippen LogP contribution >= 0.6 is 0 Å². The van der Waals surface area contributed by atoms with Gasteiger partial charge in [-0.1, -0.05) is 0 Å². The Labute approximate surface area is 78.4 Å². The van der Waals surface area contributed by atoms with Crippen LogP contribution in [-0.2, 0) is 0 Å². The van der Waals surface area contributed by atoms with E-state index in [2.05, 4.69) is 15.0 Å². The molecule has 0 amide bonds. The molecule has 2 rings (SSSR count). The molecule has 3 nitrogen and oxygen atoms in total. The van der Waals surface area contributed by atoms with E-state index in [4.69, 9.17) is 0 Å². The zero-order chi connectivity index (χ0) is 6.10. The summed E-state index contributed by atoms with van der Waals surface area (Å²) in [6.07, 6.45) is 5.12. The zero-order valence-corrected chi connectivity index (χ0v) is 10.9. The summed E-state index contributed by atoms with van der Waals surface area (Å²) < 4.78 is 0. The van der Waals surface area contributed by atoms with Crippen molar-refractivity contribution in [2.75, 3.05) is 0 Å². The summed E-state index contributed by atoms with van der Waals surface area (Å²) in [5.74, 6) is 0. The Balaban J connectivity index is 0.000000500. The van der Waals surface area contributed by atoms with E-state index in [1.165, 1.54) is 0 Å². The molecule has 0 spiro atoms. The van der Waals surface area contributed by atoms with Gasteiger partial charge in [0.2, 0.25) is 0 Å². The molecular weight excluding hydrogens is 321 g/mol. The van der Waals surface area contributed by atoms with E-state index in [9.17, 15) is 0 Å². The fraction of sp³-hybridized carbons (Fsp3) is 0. The van der Waals surface area contributed by atoms with Crippen LogP contribution in [-0.4, -0.2) is 42.3 Å². The average Bonchev–Trinajstić information content (AvgIpc) is 2.33. The predicted molar refractivity (Wildman–Crippen MR) is 41.5 cm³/mol. The molecule has 2 aliphatic heterocycles. The normalized spacial score (nSPS) is 9.20. The van der Waals surface area contributed by atoms with Crippen molar-refractivity contribution < 1.29 is 0 Å². The Morgan fingerprint density at radius 2 is 2.30 bits per heavy atom. The molecule has 0 aromatic heterocycles. The first-order valence-corrected chi connectivity index (χ1v) is 2.70. The maximum atomic E-state index is 4.02. The number of hydrogen-bond acceptors (Lipinski definition) is 2. The second kappa shape index (κ2) is 3.09. The van der Waals surface area contributed by atoms with Crippen molar-refractivity contribution in [2.24, 2.45) is 0 Å². The van der Waals surface area contributed by atoms with Gasteiger partial charge in [0.05, 0.1) is 18.2 Å². The summed E-state index contributed by atoms with van der Waals surface area (Å²) in [4.78, 5) is 10.8. The van der Waals surface area contributed by atoms with Crippen molar-refractivity contribution >= 4 is 27.3 Å². The largest absolute Gasteiger partial charge is 0.345 e. The van der Waals surface area contributed by atoms with Crippen LogP contribution in [0.5, 0.6) is 0 Å². The molecule has 1 N–H and O–H groups in total. The van der Waals surface area contributed by atoms with Gasteiger partial charge in [0, 0.05) is 6.20 Å². The van der Waals surface area contributed by atoms with Crippen molar-refractivity contribution in [3.05, 3.63) is 24.8 Å². The Morgan fingerprint density at radius 1 is 1.40 bits per heavy atom. The molecular formula is C6H7N3Pb. The molecule has 0 fully saturated rings. The summed E-state index contributed by atoms with van der Waals surface area (Å²) in [5, 5.41) is 0. The molecule has 10 heavy (non-hydrogen) atoms. The van der Waals surface area contributed by atoms with E-state index in [0.717, 1.165) is 11.4 Å². The first kappa shape index (κ1) is 7.65. The fourth-order valence-electron chi connectivity index (χ4n) is 0.787. The Bertz CT molecular complexity index is 253. The van der Waals surface area contributed by atoms with Crippen molar-refractivity contribution in [3.63, 3.8) is 0 Å². The number of hydrogen-bond donors (Lipinski definition) is 1. The summed E-state index contributed by atoms with van der Waals surface area (Å²) in [6, 6.07) is 1.91. The SMILES string of the molecule is [PbH2].c1cc2[nH]cncc-2n1. The van der Waals surface area contributed by atoms with Crippen LogP contribution in [0.15, 0.2) is 24.8 Å². The van der Waals surface area contributed by atoms with E-state index in [1.807, 2.05) is 6.07 Å². The average molecular weight is 328 g/mol. The zero-order valence-electron chi connectivity index (χ0n) is 5.41. The number of aromatic amines is 1. The van der Waals surface area contributed by atoms with Crippen molar-refractivity contribution in [1.82, 2.24) is 15.0 Å². The van der Waals surface area contributed by atoms with Gasteiger partial charge in [-0.05, 0) is 6.07 Å². The molecule has 2 aliphatic rings. The van der Waals surface area contributed by atoms with Crippen LogP contribution in [0.25, 0.3) is 11.4 Å². The number of rotatable bonds is 0. The molecule has 0 bridgehead atoms. The molecule has 0 atom stereocenters. The topological polar surface area (TPSA) is 41.6 Å². The summed E-state index contributed by atoms with van der Waals surface area (Å²) >= 11 is 0. The minimum absolute atomic E-state index is 0. The number of nitrogens with zero attached hydrogens (tertiary/aromatic N) is 2. The minimum atomic E-state index is 0. The summed E-state index contributed by atoms with van der Waals surface area (Å²) in [5.41, 5.74) is 1.95. The van der Waals surface area contributed by atoms with Crippen LogP contribution in [0, 0.1) is 0 Å². The molecule has 0 saturated heterocycles. The van der Waals surface area contributed by atoms with Crippen molar-refractivity contribution in [1.29, 1.82) is 0 Å². The third-order valence-electron chi connectivity index (χ3n) is 1.22. The van der Waals surface area contributed by atoms with E-state index < -0.39 is 0 Å². The molecule has 2 heterocycles. The Hall–Kier alpha value is -0.458. The molecule has 0 saturated carbocycles.